The first-order valence-corrected chi connectivity index (χ1v) is 7.66. The van der Waals surface area contributed by atoms with E-state index in [1.165, 1.54) is 44.5 Å². The summed E-state index contributed by atoms with van der Waals surface area (Å²) < 4.78 is 0. The Morgan fingerprint density at radius 2 is 2.41 bits per heavy atom. The summed E-state index contributed by atoms with van der Waals surface area (Å²) in [6.45, 7) is 4.71. The molecular formula is C13H21N3S. The van der Waals surface area contributed by atoms with E-state index in [9.17, 15) is 0 Å². The molecule has 2 fully saturated rings. The molecule has 94 valence electrons. The molecule has 1 N–H and O–H groups in total. The lowest BCUT2D eigenvalue weighted by Crippen LogP contribution is -2.40. The quantitative estimate of drug-likeness (QED) is 0.871. The van der Waals surface area contributed by atoms with Crippen molar-refractivity contribution in [2.75, 3.05) is 13.1 Å². The summed E-state index contributed by atoms with van der Waals surface area (Å²) in [4.78, 5) is 7.14. The third-order valence-electron chi connectivity index (χ3n) is 3.99. The van der Waals surface area contributed by atoms with Gasteiger partial charge in [0, 0.05) is 24.0 Å². The highest BCUT2D eigenvalue weighted by Crippen LogP contribution is 2.34. The van der Waals surface area contributed by atoms with Crippen molar-refractivity contribution in [3.63, 3.8) is 0 Å². The van der Waals surface area contributed by atoms with Crippen LogP contribution in [-0.2, 0) is 0 Å². The molecular weight excluding hydrogens is 230 g/mol. The van der Waals surface area contributed by atoms with Gasteiger partial charge in [-0.1, -0.05) is 0 Å². The third kappa shape index (κ3) is 2.69. The van der Waals surface area contributed by atoms with E-state index in [1.807, 2.05) is 5.51 Å². The van der Waals surface area contributed by atoms with Gasteiger partial charge in [0.05, 0.1) is 17.2 Å². The van der Waals surface area contributed by atoms with E-state index in [0.29, 0.717) is 12.1 Å². The van der Waals surface area contributed by atoms with Crippen LogP contribution >= 0.6 is 11.3 Å². The van der Waals surface area contributed by atoms with Crippen LogP contribution in [-0.4, -0.2) is 35.1 Å². The van der Waals surface area contributed by atoms with E-state index < -0.39 is 0 Å². The molecule has 0 amide bonds. The molecule has 1 saturated carbocycles. The average Bonchev–Trinajstić information content (AvgIpc) is 2.86. The lowest BCUT2D eigenvalue weighted by molar-refractivity contribution is 0.179. The van der Waals surface area contributed by atoms with Crippen LogP contribution in [0.15, 0.2) is 10.9 Å². The number of hydrogen-bond acceptors (Lipinski definition) is 4. The minimum Gasteiger partial charge on any atom is -0.313 e. The number of rotatable bonds is 5. The van der Waals surface area contributed by atoms with Crippen LogP contribution in [0.1, 0.15) is 44.3 Å². The summed E-state index contributed by atoms with van der Waals surface area (Å²) >= 11 is 1.71. The van der Waals surface area contributed by atoms with E-state index >= 15 is 0 Å². The number of hydrogen-bond donors (Lipinski definition) is 1. The van der Waals surface area contributed by atoms with E-state index in [-0.39, 0.29) is 0 Å². The van der Waals surface area contributed by atoms with Gasteiger partial charge >= 0.3 is 0 Å². The van der Waals surface area contributed by atoms with Gasteiger partial charge in [0.25, 0.3) is 0 Å². The highest BCUT2D eigenvalue weighted by atomic mass is 32.1. The number of thiazole rings is 1. The Morgan fingerprint density at radius 3 is 3.00 bits per heavy atom. The number of nitrogens with one attached hydrogen (secondary N) is 1. The van der Waals surface area contributed by atoms with Crippen molar-refractivity contribution in [2.45, 2.75) is 50.7 Å². The molecule has 3 nitrogen and oxygen atoms in total. The van der Waals surface area contributed by atoms with Crippen molar-refractivity contribution in [3.05, 3.63) is 16.6 Å². The molecule has 3 rings (SSSR count). The van der Waals surface area contributed by atoms with E-state index in [4.69, 9.17) is 0 Å². The summed E-state index contributed by atoms with van der Waals surface area (Å²) in [7, 11) is 0. The monoisotopic (exact) mass is 251 g/mol. The van der Waals surface area contributed by atoms with Crippen molar-refractivity contribution in [2.24, 2.45) is 0 Å². The number of aromatic nitrogens is 1. The first-order chi connectivity index (χ1) is 8.34. The summed E-state index contributed by atoms with van der Waals surface area (Å²) in [5, 5.41) is 5.81. The standard InChI is InChI=1S/C13H21N3S/c1-10(13-8-17-9-15-13)16(12-4-5-12)7-11-3-2-6-14-11/h8-12,14H,2-7H2,1H3. The highest BCUT2D eigenvalue weighted by molar-refractivity contribution is 7.07. The summed E-state index contributed by atoms with van der Waals surface area (Å²) in [5.74, 6) is 0. The van der Waals surface area contributed by atoms with Crippen molar-refractivity contribution >= 4 is 11.3 Å². The summed E-state index contributed by atoms with van der Waals surface area (Å²) in [5.41, 5.74) is 3.20. The van der Waals surface area contributed by atoms with Gasteiger partial charge in [-0.3, -0.25) is 4.90 Å². The molecule has 17 heavy (non-hydrogen) atoms. The maximum absolute atomic E-state index is 4.48. The Balaban J connectivity index is 1.66. The second kappa shape index (κ2) is 5.04. The first kappa shape index (κ1) is 11.6. The molecule has 1 aromatic rings. The molecule has 1 aromatic heterocycles. The van der Waals surface area contributed by atoms with Crippen LogP contribution < -0.4 is 5.32 Å². The van der Waals surface area contributed by atoms with Crippen LogP contribution in [0.2, 0.25) is 0 Å². The molecule has 1 aliphatic carbocycles. The smallest absolute Gasteiger partial charge is 0.0795 e. The van der Waals surface area contributed by atoms with Crippen molar-refractivity contribution in [3.8, 4) is 0 Å². The van der Waals surface area contributed by atoms with Gasteiger partial charge in [-0.05, 0) is 39.2 Å². The minimum absolute atomic E-state index is 0.483. The molecule has 0 aromatic carbocycles. The lowest BCUT2D eigenvalue weighted by Gasteiger charge is -2.30. The van der Waals surface area contributed by atoms with Gasteiger partial charge in [-0.25, -0.2) is 4.98 Å². The van der Waals surface area contributed by atoms with Gasteiger partial charge < -0.3 is 5.32 Å². The van der Waals surface area contributed by atoms with Gasteiger partial charge in [0.15, 0.2) is 0 Å². The summed E-state index contributed by atoms with van der Waals surface area (Å²) in [6, 6.07) is 2.00. The van der Waals surface area contributed by atoms with E-state index in [2.05, 4.69) is 27.5 Å². The molecule has 2 aliphatic rings. The van der Waals surface area contributed by atoms with E-state index in [0.717, 1.165) is 6.04 Å². The molecule has 0 spiro atoms. The second-order valence-corrected chi connectivity index (χ2v) is 6.03. The average molecular weight is 251 g/mol. The van der Waals surface area contributed by atoms with Crippen molar-refractivity contribution < 1.29 is 0 Å². The predicted octanol–water partition coefficient (Wildman–Crippen LogP) is 2.42. The van der Waals surface area contributed by atoms with Crippen molar-refractivity contribution in [1.82, 2.24) is 15.2 Å². The Morgan fingerprint density at radius 1 is 1.53 bits per heavy atom. The Hall–Kier alpha value is -0.450. The third-order valence-corrected chi connectivity index (χ3v) is 4.59. The summed E-state index contributed by atoms with van der Waals surface area (Å²) in [6.07, 6.45) is 5.43. The molecule has 1 aliphatic heterocycles. The molecule has 2 atom stereocenters. The topological polar surface area (TPSA) is 28.2 Å². The maximum atomic E-state index is 4.48. The minimum atomic E-state index is 0.483. The van der Waals surface area contributed by atoms with Gasteiger partial charge in [-0.15, -0.1) is 11.3 Å². The maximum Gasteiger partial charge on any atom is 0.0795 e. The van der Waals surface area contributed by atoms with Crippen LogP contribution in [0.5, 0.6) is 0 Å². The Bertz CT molecular complexity index is 342. The normalized spacial score (nSPS) is 26.6. The van der Waals surface area contributed by atoms with Gasteiger partial charge in [0.2, 0.25) is 0 Å². The SMILES string of the molecule is CC(c1cscn1)N(CC1CCCN1)C1CC1. The zero-order chi connectivity index (χ0) is 11.7. The molecule has 4 heteroatoms. The fourth-order valence-electron chi connectivity index (χ4n) is 2.79. The van der Waals surface area contributed by atoms with Crippen LogP contribution in [0.3, 0.4) is 0 Å². The van der Waals surface area contributed by atoms with Crippen molar-refractivity contribution in [1.29, 1.82) is 0 Å². The van der Waals surface area contributed by atoms with E-state index in [1.54, 1.807) is 11.3 Å². The number of nitrogens with zero attached hydrogens (tertiary/aromatic N) is 2. The molecule has 0 radical (unpaired) electrons. The molecule has 0 bridgehead atoms. The van der Waals surface area contributed by atoms with Gasteiger partial charge in [0.1, 0.15) is 0 Å². The largest absolute Gasteiger partial charge is 0.313 e. The lowest BCUT2D eigenvalue weighted by atomic mass is 10.1. The van der Waals surface area contributed by atoms with Crippen LogP contribution in [0.4, 0.5) is 0 Å². The van der Waals surface area contributed by atoms with Gasteiger partial charge in [-0.2, -0.15) is 0 Å². The fraction of sp³-hybridized carbons (Fsp3) is 0.769. The highest BCUT2D eigenvalue weighted by Gasteiger charge is 2.35. The fourth-order valence-corrected chi connectivity index (χ4v) is 3.44. The Kier molecular flexibility index (Phi) is 3.45. The van der Waals surface area contributed by atoms with Crippen LogP contribution in [0.25, 0.3) is 0 Å². The van der Waals surface area contributed by atoms with Crippen LogP contribution in [0, 0.1) is 0 Å². The Labute approximate surface area is 107 Å². The zero-order valence-corrected chi connectivity index (χ0v) is 11.2. The zero-order valence-electron chi connectivity index (χ0n) is 10.4. The predicted molar refractivity (Wildman–Crippen MR) is 71.3 cm³/mol. The molecule has 2 heterocycles. The first-order valence-electron chi connectivity index (χ1n) is 6.72. The molecule has 1 saturated heterocycles. The molecule has 2 unspecified atom stereocenters. The second-order valence-electron chi connectivity index (χ2n) is 5.31.